The second kappa shape index (κ2) is 7.16. The summed E-state index contributed by atoms with van der Waals surface area (Å²) in [5.74, 6) is -0.474. The molecular formula is C17H14F3NO3. The first kappa shape index (κ1) is 17.5. The molecule has 0 aliphatic heterocycles. The first-order chi connectivity index (χ1) is 11.3. The van der Waals surface area contributed by atoms with Crippen molar-refractivity contribution in [3.8, 4) is 5.75 Å². The molecule has 2 aromatic carbocycles. The molecule has 24 heavy (non-hydrogen) atoms. The predicted molar refractivity (Wildman–Crippen MR) is 82.0 cm³/mol. The normalized spacial score (nSPS) is 11.0. The zero-order valence-electron chi connectivity index (χ0n) is 12.7. The Balaban J connectivity index is 1.91. The number of nitrogens with one attached hydrogen (secondary N) is 1. The number of carbonyl (C=O) groups is 2. The molecule has 0 fully saturated rings. The van der Waals surface area contributed by atoms with Crippen LogP contribution >= 0.6 is 0 Å². The molecule has 4 nitrogen and oxygen atoms in total. The Kier molecular flexibility index (Phi) is 5.23. The molecule has 0 saturated heterocycles. The van der Waals surface area contributed by atoms with Gasteiger partial charge in [-0.05, 0) is 43.3 Å². The average Bonchev–Trinajstić information content (AvgIpc) is 2.53. The minimum absolute atomic E-state index is 0.132. The van der Waals surface area contributed by atoms with Crippen LogP contribution in [0, 0.1) is 0 Å². The monoisotopic (exact) mass is 337 g/mol. The van der Waals surface area contributed by atoms with Gasteiger partial charge in [-0.15, -0.1) is 0 Å². The van der Waals surface area contributed by atoms with Crippen molar-refractivity contribution in [1.29, 1.82) is 0 Å². The Labute approximate surface area is 136 Å². The largest absolute Gasteiger partial charge is 0.484 e. The molecule has 1 N–H and O–H groups in total. The number of Topliss-reactive ketones (excluding diaryl/α,β-unsaturated/α-hetero) is 1. The van der Waals surface area contributed by atoms with E-state index < -0.39 is 17.6 Å². The highest BCUT2D eigenvalue weighted by atomic mass is 19.4. The van der Waals surface area contributed by atoms with E-state index in [1.165, 1.54) is 13.0 Å². The third-order valence-electron chi connectivity index (χ3n) is 3.10. The van der Waals surface area contributed by atoms with Crippen LogP contribution in [0.1, 0.15) is 22.8 Å². The van der Waals surface area contributed by atoms with Crippen LogP contribution in [0.3, 0.4) is 0 Å². The van der Waals surface area contributed by atoms with Crippen molar-refractivity contribution in [1.82, 2.24) is 0 Å². The van der Waals surface area contributed by atoms with E-state index in [0.717, 1.165) is 24.3 Å². The van der Waals surface area contributed by atoms with Gasteiger partial charge in [0.05, 0.1) is 5.56 Å². The summed E-state index contributed by atoms with van der Waals surface area (Å²) in [6, 6.07) is 10.4. The van der Waals surface area contributed by atoms with E-state index in [-0.39, 0.29) is 18.1 Å². The number of hydrogen-bond acceptors (Lipinski definition) is 3. The van der Waals surface area contributed by atoms with Gasteiger partial charge in [0.25, 0.3) is 5.91 Å². The van der Waals surface area contributed by atoms with Gasteiger partial charge in [-0.3, -0.25) is 9.59 Å². The molecule has 0 aliphatic carbocycles. The second-order valence-corrected chi connectivity index (χ2v) is 5.00. The molecule has 0 aliphatic rings. The van der Waals surface area contributed by atoms with Gasteiger partial charge in [-0.1, -0.05) is 12.1 Å². The number of anilines is 1. The molecule has 0 spiro atoms. The Morgan fingerprint density at radius 2 is 1.75 bits per heavy atom. The molecule has 0 heterocycles. The summed E-state index contributed by atoms with van der Waals surface area (Å²) in [6.07, 6.45) is -4.42. The third-order valence-corrected chi connectivity index (χ3v) is 3.10. The van der Waals surface area contributed by atoms with Crippen molar-refractivity contribution in [3.05, 3.63) is 59.7 Å². The molecule has 2 rings (SSSR count). The SMILES string of the molecule is CC(=O)c1cccc(NC(=O)COc2ccc(C(F)(F)F)cc2)c1. The van der Waals surface area contributed by atoms with Crippen LogP contribution in [0.4, 0.5) is 18.9 Å². The molecule has 2 aromatic rings. The number of halogens is 3. The Hall–Kier alpha value is -2.83. The number of ketones is 1. The summed E-state index contributed by atoms with van der Waals surface area (Å²) >= 11 is 0. The molecule has 0 bridgehead atoms. The van der Waals surface area contributed by atoms with E-state index in [9.17, 15) is 22.8 Å². The number of alkyl halides is 3. The fourth-order valence-electron chi connectivity index (χ4n) is 1.90. The third kappa shape index (κ3) is 4.84. The van der Waals surface area contributed by atoms with Crippen molar-refractivity contribution in [3.63, 3.8) is 0 Å². The molecule has 0 atom stereocenters. The maximum atomic E-state index is 12.4. The van der Waals surface area contributed by atoms with Gasteiger partial charge < -0.3 is 10.1 Å². The topological polar surface area (TPSA) is 55.4 Å². The number of hydrogen-bond donors (Lipinski definition) is 1. The van der Waals surface area contributed by atoms with Crippen LogP contribution in [-0.2, 0) is 11.0 Å². The summed E-state index contributed by atoms with van der Waals surface area (Å²) in [7, 11) is 0. The fraction of sp³-hybridized carbons (Fsp3) is 0.176. The first-order valence-corrected chi connectivity index (χ1v) is 6.96. The van der Waals surface area contributed by atoms with E-state index in [2.05, 4.69) is 5.32 Å². The molecule has 0 radical (unpaired) electrons. The molecule has 7 heteroatoms. The Morgan fingerprint density at radius 3 is 2.33 bits per heavy atom. The summed E-state index contributed by atoms with van der Waals surface area (Å²) in [5, 5.41) is 2.55. The van der Waals surface area contributed by atoms with Gasteiger partial charge >= 0.3 is 6.18 Å². The number of carbonyl (C=O) groups excluding carboxylic acids is 2. The van der Waals surface area contributed by atoms with Crippen LogP contribution in [-0.4, -0.2) is 18.3 Å². The predicted octanol–water partition coefficient (Wildman–Crippen LogP) is 3.93. The van der Waals surface area contributed by atoms with E-state index >= 15 is 0 Å². The summed E-state index contributed by atoms with van der Waals surface area (Å²) in [4.78, 5) is 23.1. The van der Waals surface area contributed by atoms with Crippen LogP contribution < -0.4 is 10.1 Å². The number of rotatable bonds is 5. The minimum atomic E-state index is -4.42. The molecule has 1 amide bonds. The van der Waals surface area contributed by atoms with E-state index in [0.29, 0.717) is 11.3 Å². The van der Waals surface area contributed by atoms with Gasteiger partial charge in [0.15, 0.2) is 12.4 Å². The summed E-state index contributed by atoms with van der Waals surface area (Å²) < 4.78 is 42.4. The van der Waals surface area contributed by atoms with Crippen molar-refractivity contribution in [2.45, 2.75) is 13.1 Å². The zero-order valence-corrected chi connectivity index (χ0v) is 12.7. The van der Waals surface area contributed by atoms with Gasteiger partial charge in [0, 0.05) is 11.3 Å². The number of benzene rings is 2. The maximum Gasteiger partial charge on any atom is 0.416 e. The van der Waals surface area contributed by atoms with Crippen molar-refractivity contribution >= 4 is 17.4 Å². The van der Waals surface area contributed by atoms with Gasteiger partial charge in [0.2, 0.25) is 0 Å². The number of ether oxygens (including phenoxy) is 1. The smallest absolute Gasteiger partial charge is 0.416 e. The highest BCUT2D eigenvalue weighted by Gasteiger charge is 2.30. The van der Waals surface area contributed by atoms with Crippen LogP contribution in [0.5, 0.6) is 5.75 Å². The number of amides is 1. The molecular weight excluding hydrogens is 323 g/mol. The van der Waals surface area contributed by atoms with Gasteiger partial charge in [-0.25, -0.2) is 0 Å². The summed E-state index contributed by atoms with van der Waals surface area (Å²) in [6.45, 7) is 1.05. The lowest BCUT2D eigenvalue weighted by atomic mass is 10.1. The van der Waals surface area contributed by atoms with Crippen LogP contribution in [0.2, 0.25) is 0 Å². The lowest BCUT2D eigenvalue weighted by molar-refractivity contribution is -0.137. The fourth-order valence-corrected chi connectivity index (χ4v) is 1.90. The first-order valence-electron chi connectivity index (χ1n) is 6.96. The lowest BCUT2D eigenvalue weighted by Gasteiger charge is -2.10. The van der Waals surface area contributed by atoms with Gasteiger partial charge in [-0.2, -0.15) is 13.2 Å². The molecule has 0 aromatic heterocycles. The standard InChI is InChI=1S/C17H14F3NO3/c1-11(22)12-3-2-4-14(9-12)21-16(23)10-24-15-7-5-13(6-8-15)17(18,19)20/h2-9H,10H2,1H3,(H,21,23). The maximum absolute atomic E-state index is 12.4. The van der Waals surface area contributed by atoms with Crippen LogP contribution in [0.25, 0.3) is 0 Å². The van der Waals surface area contributed by atoms with E-state index in [1.54, 1.807) is 18.2 Å². The molecule has 126 valence electrons. The van der Waals surface area contributed by atoms with E-state index in [4.69, 9.17) is 4.74 Å². The Bertz CT molecular complexity index is 739. The zero-order chi connectivity index (χ0) is 17.7. The Morgan fingerprint density at radius 1 is 1.08 bits per heavy atom. The second-order valence-electron chi connectivity index (χ2n) is 5.00. The van der Waals surface area contributed by atoms with Crippen molar-refractivity contribution in [2.24, 2.45) is 0 Å². The van der Waals surface area contributed by atoms with Crippen molar-refractivity contribution < 1.29 is 27.5 Å². The van der Waals surface area contributed by atoms with E-state index in [1.807, 2.05) is 0 Å². The van der Waals surface area contributed by atoms with Crippen LogP contribution in [0.15, 0.2) is 48.5 Å². The highest BCUT2D eigenvalue weighted by Crippen LogP contribution is 2.30. The highest BCUT2D eigenvalue weighted by molar-refractivity contribution is 5.97. The minimum Gasteiger partial charge on any atom is -0.484 e. The quantitative estimate of drug-likeness (QED) is 0.841. The average molecular weight is 337 g/mol. The molecule has 0 unspecified atom stereocenters. The van der Waals surface area contributed by atoms with Gasteiger partial charge in [0.1, 0.15) is 5.75 Å². The lowest BCUT2D eigenvalue weighted by Crippen LogP contribution is -2.20. The molecule has 0 saturated carbocycles. The summed E-state index contributed by atoms with van der Waals surface area (Å²) in [5.41, 5.74) is 0.0977. The van der Waals surface area contributed by atoms with Crippen molar-refractivity contribution in [2.75, 3.05) is 11.9 Å².